The topological polar surface area (TPSA) is 44.8 Å². The van der Waals surface area contributed by atoms with Crippen molar-refractivity contribution in [2.45, 2.75) is 12.5 Å². The highest BCUT2D eigenvalue weighted by Gasteiger charge is 2.24. The Morgan fingerprint density at radius 3 is 2.41 bits per heavy atom. The molecule has 0 saturated carbocycles. The Balaban J connectivity index is 1.41. The maximum Gasteiger partial charge on any atom is 0.255 e. The second-order valence-corrected chi connectivity index (χ2v) is 8.25. The maximum absolute atomic E-state index is 14.5. The van der Waals surface area contributed by atoms with Crippen LogP contribution in [0.1, 0.15) is 16.8 Å². The fourth-order valence-electron chi connectivity index (χ4n) is 4.05. The lowest BCUT2D eigenvalue weighted by molar-refractivity contribution is 0.102. The van der Waals surface area contributed by atoms with Gasteiger partial charge in [-0.1, -0.05) is 24.3 Å². The van der Waals surface area contributed by atoms with Crippen LogP contribution in [-0.2, 0) is 0 Å². The number of amides is 1. The molecule has 166 valence electrons. The number of carbonyl (C=O) groups is 1. The molecule has 1 saturated heterocycles. The molecule has 1 aliphatic rings. The lowest BCUT2D eigenvalue weighted by atomic mass is 10.0. The third-order valence-electron chi connectivity index (χ3n) is 6.03. The Hall–Kier alpha value is -3.38. The first kappa shape index (κ1) is 21.8. The molecule has 6 heteroatoms. The molecular weight excluding hydrogens is 405 g/mol. The molecule has 1 amide bonds. The van der Waals surface area contributed by atoms with E-state index in [-0.39, 0.29) is 11.7 Å². The highest BCUT2D eigenvalue weighted by atomic mass is 19.1. The maximum atomic E-state index is 14.5. The van der Waals surface area contributed by atoms with Crippen LogP contribution in [-0.4, -0.2) is 51.1 Å². The first-order valence-corrected chi connectivity index (χ1v) is 10.7. The van der Waals surface area contributed by atoms with E-state index in [1.54, 1.807) is 42.5 Å². The first-order chi connectivity index (χ1) is 15.5. The number of methoxy groups -OCH3 is 1. The number of ether oxygens (including phenoxy) is 1. The number of likely N-dealkylation sites (N-methyl/N-ethyl adjacent to an activating group) is 1. The summed E-state index contributed by atoms with van der Waals surface area (Å²) in [4.78, 5) is 17.3. The average Bonchev–Trinajstić information content (AvgIpc) is 3.31. The van der Waals surface area contributed by atoms with Crippen molar-refractivity contribution in [1.82, 2.24) is 4.90 Å². The van der Waals surface area contributed by atoms with E-state index in [1.807, 2.05) is 24.3 Å². The van der Waals surface area contributed by atoms with E-state index < -0.39 is 5.82 Å². The van der Waals surface area contributed by atoms with Crippen molar-refractivity contribution < 1.29 is 13.9 Å². The summed E-state index contributed by atoms with van der Waals surface area (Å²) in [6.07, 6.45) is 1.15. The zero-order valence-corrected chi connectivity index (χ0v) is 18.6. The summed E-state index contributed by atoms with van der Waals surface area (Å²) in [6, 6.07) is 20.4. The van der Waals surface area contributed by atoms with Crippen LogP contribution in [0.5, 0.6) is 5.75 Å². The number of carbonyl (C=O) groups excluding carboxylic acids is 1. The summed E-state index contributed by atoms with van der Waals surface area (Å²) in [5.74, 6) is -0.426. The van der Waals surface area contributed by atoms with Gasteiger partial charge in [0.1, 0.15) is 0 Å². The second kappa shape index (κ2) is 9.40. The van der Waals surface area contributed by atoms with Gasteiger partial charge in [0.2, 0.25) is 0 Å². The van der Waals surface area contributed by atoms with Gasteiger partial charge in [-0.25, -0.2) is 4.39 Å². The van der Waals surface area contributed by atoms with E-state index >= 15 is 0 Å². The van der Waals surface area contributed by atoms with Crippen molar-refractivity contribution in [3.63, 3.8) is 0 Å². The summed E-state index contributed by atoms with van der Waals surface area (Å²) in [6.45, 7) is 2.05. The van der Waals surface area contributed by atoms with E-state index in [1.165, 1.54) is 7.11 Å². The van der Waals surface area contributed by atoms with E-state index in [0.29, 0.717) is 22.7 Å². The summed E-state index contributed by atoms with van der Waals surface area (Å²) < 4.78 is 19.5. The van der Waals surface area contributed by atoms with Crippen molar-refractivity contribution in [3.05, 3.63) is 78.1 Å². The predicted octanol–water partition coefficient (Wildman–Crippen LogP) is 4.89. The number of hydrogen-bond acceptors (Lipinski definition) is 4. The molecule has 0 aliphatic carbocycles. The SMILES string of the molecule is COc1cccc(-c2ccc(C(=O)Nc3ccc(N4CCC(N(C)C)C4)cc3)cc2)c1F. The lowest BCUT2D eigenvalue weighted by Crippen LogP contribution is -2.31. The van der Waals surface area contributed by atoms with Crippen LogP contribution < -0.4 is 15.0 Å². The summed E-state index contributed by atoms with van der Waals surface area (Å²) >= 11 is 0. The predicted molar refractivity (Wildman–Crippen MR) is 127 cm³/mol. The Kier molecular flexibility index (Phi) is 6.42. The largest absolute Gasteiger partial charge is 0.494 e. The zero-order valence-electron chi connectivity index (χ0n) is 18.6. The smallest absolute Gasteiger partial charge is 0.255 e. The molecule has 32 heavy (non-hydrogen) atoms. The number of halogens is 1. The van der Waals surface area contributed by atoms with Crippen LogP contribution in [0.2, 0.25) is 0 Å². The Bertz CT molecular complexity index is 1080. The van der Waals surface area contributed by atoms with Crippen molar-refractivity contribution >= 4 is 17.3 Å². The second-order valence-electron chi connectivity index (χ2n) is 8.25. The normalized spacial score (nSPS) is 15.8. The van der Waals surface area contributed by atoms with Crippen LogP contribution >= 0.6 is 0 Å². The molecule has 1 atom stereocenters. The Morgan fingerprint density at radius 2 is 1.78 bits per heavy atom. The first-order valence-electron chi connectivity index (χ1n) is 10.7. The molecule has 1 heterocycles. The molecule has 1 unspecified atom stereocenters. The molecule has 1 aliphatic heterocycles. The van der Waals surface area contributed by atoms with E-state index in [2.05, 4.69) is 29.2 Å². The van der Waals surface area contributed by atoms with Crippen LogP contribution in [0.25, 0.3) is 11.1 Å². The van der Waals surface area contributed by atoms with Gasteiger partial charge in [-0.3, -0.25) is 4.79 Å². The minimum absolute atomic E-state index is 0.193. The molecule has 0 radical (unpaired) electrons. The van der Waals surface area contributed by atoms with Crippen molar-refractivity contribution in [2.24, 2.45) is 0 Å². The number of nitrogens with one attached hydrogen (secondary N) is 1. The van der Waals surface area contributed by atoms with Gasteiger partial charge < -0.3 is 19.9 Å². The number of benzene rings is 3. The Morgan fingerprint density at radius 1 is 1.06 bits per heavy atom. The fourth-order valence-corrected chi connectivity index (χ4v) is 4.05. The van der Waals surface area contributed by atoms with Gasteiger partial charge >= 0.3 is 0 Å². The summed E-state index contributed by atoms with van der Waals surface area (Å²) in [7, 11) is 5.67. The van der Waals surface area contributed by atoms with Crippen molar-refractivity contribution in [1.29, 1.82) is 0 Å². The monoisotopic (exact) mass is 433 g/mol. The lowest BCUT2D eigenvalue weighted by Gasteiger charge is -2.22. The average molecular weight is 434 g/mol. The third kappa shape index (κ3) is 4.60. The number of anilines is 2. The fraction of sp³-hybridized carbons (Fsp3) is 0.269. The zero-order chi connectivity index (χ0) is 22.7. The van der Waals surface area contributed by atoms with E-state index in [4.69, 9.17) is 4.74 Å². The van der Waals surface area contributed by atoms with Gasteiger partial charge in [0.05, 0.1) is 7.11 Å². The van der Waals surface area contributed by atoms with Gasteiger partial charge in [0, 0.05) is 41.6 Å². The molecule has 4 rings (SSSR count). The molecule has 5 nitrogen and oxygen atoms in total. The molecule has 0 aromatic heterocycles. The van der Waals surface area contributed by atoms with Crippen molar-refractivity contribution in [3.8, 4) is 16.9 Å². The summed E-state index contributed by atoms with van der Waals surface area (Å²) in [5.41, 5.74) is 3.53. The van der Waals surface area contributed by atoms with E-state index in [9.17, 15) is 9.18 Å². The third-order valence-corrected chi connectivity index (χ3v) is 6.03. The molecule has 0 spiro atoms. The number of nitrogens with zero attached hydrogens (tertiary/aromatic N) is 2. The van der Waals surface area contributed by atoms with Gasteiger partial charge in [-0.15, -0.1) is 0 Å². The Labute approximate surface area is 188 Å². The van der Waals surface area contributed by atoms with Gasteiger partial charge in [0.15, 0.2) is 11.6 Å². The number of rotatable bonds is 6. The van der Waals surface area contributed by atoms with Crippen LogP contribution in [0.3, 0.4) is 0 Å². The number of hydrogen-bond donors (Lipinski definition) is 1. The van der Waals surface area contributed by atoms with Crippen LogP contribution in [0, 0.1) is 5.82 Å². The quantitative estimate of drug-likeness (QED) is 0.601. The van der Waals surface area contributed by atoms with Gasteiger partial charge in [-0.2, -0.15) is 0 Å². The molecule has 3 aromatic carbocycles. The van der Waals surface area contributed by atoms with Crippen LogP contribution in [0.4, 0.5) is 15.8 Å². The van der Waals surface area contributed by atoms with Crippen molar-refractivity contribution in [2.75, 3.05) is 44.5 Å². The standard InChI is InChI=1S/C26H28FN3O2/c1-29(2)22-15-16-30(17-22)21-13-11-20(12-14-21)28-26(31)19-9-7-18(8-10-19)23-5-4-6-24(32-3)25(23)27/h4-14,22H,15-17H2,1-3H3,(H,28,31). The molecule has 1 N–H and O–H groups in total. The van der Waals surface area contributed by atoms with E-state index in [0.717, 1.165) is 30.9 Å². The highest BCUT2D eigenvalue weighted by Crippen LogP contribution is 2.29. The van der Waals surface area contributed by atoms with Gasteiger partial charge in [0.25, 0.3) is 5.91 Å². The highest BCUT2D eigenvalue weighted by molar-refractivity contribution is 6.04. The molecule has 0 bridgehead atoms. The van der Waals surface area contributed by atoms with Crippen LogP contribution in [0.15, 0.2) is 66.7 Å². The summed E-state index contributed by atoms with van der Waals surface area (Å²) in [5, 5.41) is 2.93. The molecular formula is C26H28FN3O2. The van der Waals surface area contributed by atoms with Gasteiger partial charge in [-0.05, 0) is 68.5 Å². The minimum Gasteiger partial charge on any atom is -0.494 e. The molecule has 3 aromatic rings. The minimum atomic E-state index is -0.415. The molecule has 1 fully saturated rings.